The van der Waals surface area contributed by atoms with Crippen molar-refractivity contribution in [3.05, 3.63) is 68.7 Å². The van der Waals surface area contributed by atoms with E-state index in [1.165, 1.54) is 42.2 Å². The van der Waals surface area contributed by atoms with Gasteiger partial charge in [0.2, 0.25) is 5.89 Å². The Morgan fingerprint density at radius 2 is 1.93 bits per heavy atom. The zero-order chi connectivity index (χ0) is 30.2. The number of hydrogen-bond acceptors (Lipinski definition) is 9. The van der Waals surface area contributed by atoms with E-state index in [4.69, 9.17) is 18.6 Å². The van der Waals surface area contributed by atoms with Gasteiger partial charge in [0.05, 0.1) is 35.2 Å². The summed E-state index contributed by atoms with van der Waals surface area (Å²) in [5, 5.41) is 10.3. The number of carboxylic acids is 1. The van der Waals surface area contributed by atoms with Crippen molar-refractivity contribution in [3.63, 3.8) is 0 Å². The molecule has 4 aromatic rings. The highest BCUT2D eigenvalue weighted by atomic mass is 32.1. The summed E-state index contributed by atoms with van der Waals surface area (Å²) in [4.78, 5) is 45.6. The van der Waals surface area contributed by atoms with Gasteiger partial charge >= 0.3 is 11.7 Å². The summed E-state index contributed by atoms with van der Waals surface area (Å²) in [7, 11) is 0. The topological polar surface area (TPSA) is 135 Å². The lowest BCUT2D eigenvalue weighted by molar-refractivity contribution is -0.146. The number of oxazole rings is 1. The van der Waals surface area contributed by atoms with Crippen molar-refractivity contribution in [1.29, 1.82) is 0 Å². The van der Waals surface area contributed by atoms with E-state index >= 15 is 0 Å². The number of carboxylic acid groups (broad SMARTS) is 1. The fourth-order valence-electron chi connectivity index (χ4n) is 5.17. The van der Waals surface area contributed by atoms with Crippen molar-refractivity contribution in [2.24, 2.45) is 0 Å². The number of hydrogen-bond donors (Lipinski definition) is 1. The molecular formula is C30H35N3O8S. The van der Waals surface area contributed by atoms with Gasteiger partial charge in [-0.15, -0.1) is 11.3 Å². The van der Waals surface area contributed by atoms with Crippen molar-refractivity contribution < 1.29 is 28.5 Å². The van der Waals surface area contributed by atoms with Crippen molar-refractivity contribution in [2.75, 3.05) is 13.2 Å². The maximum absolute atomic E-state index is 14.2. The molecular weight excluding hydrogens is 562 g/mol. The van der Waals surface area contributed by atoms with Crippen molar-refractivity contribution >= 4 is 27.5 Å². The standard InChI is InChI=1S/C30H35N3O8S/c1-17(2)40-21-9-7-6-8-20(21)22(41-19-10-13-38-14-11-19)16-32-27-23(18(3)24(42-27)25-31-12-15-39-25)26(34)33(29(32)37)30(4,5)28(35)36/h6-9,12,15,17,19,22H,10-11,13-14,16H2,1-5H3,(H,35,36)/t22-/m1/s1. The number of rotatable bonds is 10. The third-order valence-electron chi connectivity index (χ3n) is 7.42. The monoisotopic (exact) mass is 597 g/mol. The second-order valence-electron chi connectivity index (χ2n) is 11.1. The highest BCUT2D eigenvalue weighted by Crippen LogP contribution is 2.38. The van der Waals surface area contributed by atoms with Crippen LogP contribution < -0.4 is 16.0 Å². The molecule has 0 unspecified atom stereocenters. The number of thiophene rings is 1. The summed E-state index contributed by atoms with van der Waals surface area (Å²) in [5.41, 5.74) is -1.96. The molecule has 0 spiro atoms. The first-order valence-corrected chi connectivity index (χ1v) is 14.7. The Hall–Kier alpha value is -3.74. The van der Waals surface area contributed by atoms with Crippen LogP contribution >= 0.6 is 11.3 Å². The molecule has 1 aromatic carbocycles. The van der Waals surface area contributed by atoms with Gasteiger partial charge in [0, 0.05) is 18.8 Å². The minimum atomic E-state index is -1.82. The van der Waals surface area contributed by atoms with E-state index < -0.39 is 28.9 Å². The fraction of sp³-hybridized carbons (Fsp3) is 0.467. The lowest BCUT2D eigenvalue weighted by atomic mass is 10.0. The van der Waals surface area contributed by atoms with Crippen LogP contribution in [0.25, 0.3) is 21.0 Å². The summed E-state index contributed by atoms with van der Waals surface area (Å²) in [5.74, 6) is -0.378. The Labute approximate surface area is 246 Å². The Morgan fingerprint density at radius 1 is 1.21 bits per heavy atom. The van der Waals surface area contributed by atoms with Gasteiger partial charge in [-0.25, -0.2) is 19.1 Å². The molecule has 0 radical (unpaired) electrons. The average Bonchev–Trinajstić information content (AvgIpc) is 3.59. The number of benzene rings is 1. The van der Waals surface area contributed by atoms with Crippen LogP contribution in [0.3, 0.4) is 0 Å². The van der Waals surface area contributed by atoms with Gasteiger partial charge < -0.3 is 23.7 Å². The maximum Gasteiger partial charge on any atom is 0.333 e. The molecule has 1 atom stereocenters. The predicted octanol–water partition coefficient (Wildman–Crippen LogP) is 4.73. The summed E-state index contributed by atoms with van der Waals surface area (Å²) < 4.78 is 26.1. The molecule has 11 nitrogen and oxygen atoms in total. The predicted molar refractivity (Wildman–Crippen MR) is 157 cm³/mol. The number of nitrogens with zero attached hydrogens (tertiary/aromatic N) is 3. The molecule has 1 aliphatic rings. The second kappa shape index (κ2) is 11.9. The molecule has 1 saturated heterocycles. The van der Waals surface area contributed by atoms with Crippen LogP contribution in [0.1, 0.15) is 57.8 Å². The number of para-hydroxylation sites is 1. The molecule has 0 saturated carbocycles. The molecule has 1 fully saturated rings. The highest BCUT2D eigenvalue weighted by molar-refractivity contribution is 7.22. The summed E-state index contributed by atoms with van der Waals surface area (Å²) in [6.07, 6.45) is 3.42. The number of ether oxygens (including phenoxy) is 3. The van der Waals surface area contributed by atoms with Crippen molar-refractivity contribution in [3.8, 4) is 16.5 Å². The third-order valence-corrected chi connectivity index (χ3v) is 8.73. The Balaban J connectivity index is 1.75. The van der Waals surface area contributed by atoms with E-state index in [1.54, 1.807) is 6.92 Å². The maximum atomic E-state index is 14.2. The lowest BCUT2D eigenvalue weighted by Crippen LogP contribution is -2.52. The molecule has 3 aromatic heterocycles. The molecule has 0 bridgehead atoms. The average molecular weight is 598 g/mol. The SMILES string of the molecule is Cc1c(-c2ncco2)sc2c1c(=O)n(C(C)(C)C(=O)O)c(=O)n2C[C@@H](OC1CCOCC1)c1ccccc1OC(C)C. The van der Waals surface area contributed by atoms with Crippen LogP contribution in [-0.2, 0) is 26.4 Å². The quantitative estimate of drug-likeness (QED) is 0.275. The Morgan fingerprint density at radius 3 is 2.57 bits per heavy atom. The Bertz CT molecular complexity index is 1690. The molecule has 12 heteroatoms. The summed E-state index contributed by atoms with van der Waals surface area (Å²) >= 11 is 1.20. The molecule has 224 valence electrons. The summed E-state index contributed by atoms with van der Waals surface area (Å²) in [6, 6.07) is 7.51. The van der Waals surface area contributed by atoms with Crippen LogP contribution in [0.4, 0.5) is 0 Å². The number of aryl methyl sites for hydroxylation is 1. The molecule has 0 amide bonds. The van der Waals surface area contributed by atoms with E-state index in [2.05, 4.69) is 4.98 Å². The van der Waals surface area contributed by atoms with Gasteiger partial charge in [0.15, 0.2) is 0 Å². The highest BCUT2D eigenvalue weighted by Gasteiger charge is 2.36. The zero-order valence-electron chi connectivity index (χ0n) is 24.3. The van der Waals surface area contributed by atoms with Gasteiger partial charge in [-0.3, -0.25) is 9.36 Å². The molecule has 1 aliphatic heterocycles. The summed E-state index contributed by atoms with van der Waals surface area (Å²) in [6.45, 7) is 9.42. The van der Waals surface area contributed by atoms with Crippen LogP contribution in [-0.4, -0.2) is 50.6 Å². The number of aliphatic carboxylic acids is 1. The fourth-order valence-corrected chi connectivity index (χ4v) is 6.41. The van der Waals surface area contributed by atoms with Crippen LogP contribution in [0.15, 0.2) is 50.7 Å². The molecule has 0 aliphatic carbocycles. The van der Waals surface area contributed by atoms with Crippen LogP contribution in [0.2, 0.25) is 0 Å². The lowest BCUT2D eigenvalue weighted by Gasteiger charge is -2.30. The van der Waals surface area contributed by atoms with E-state index in [1.807, 2.05) is 38.1 Å². The van der Waals surface area contributed by atoms with E-state index in [0.29, 0.717) is 53.0 Å². The first-order chi connectivity index (χ1) is 20.0. The van der Waals surface area contributed by atoms with E-state index in [9.17, 15) is 19.5 Å². The van der Waals surface area contributed by atoms with E-state index in [0.717, 1.165) is 10.1 Å². The minimum Gasteiger partial charge on any atom is -0.491 e. The zero-order valence-corrected chi connectivity index (χ0v) is 25.1. The van der Waals surface area contributed by atoms with Gasteiger partial charge in [-0.1, -0.05) is 18.2 Å². The van der Waals surface area contributed by atoms with Gasteiger partial charge in [-0.2, -0.15) is 0 Å². The molecule has 42 heavy (non-hydrogen) atoms. The van der Waals surface area contributed by atoms with E-state index in [-0.39, 0.29) is 24.1 Å². The smallest absolute Gasteiger partial charge is 0.333 e. The minimum absolute atomic E-state index is 0.00607. The molecule has 1 N–H and O–H groups in total. The van der Waals surface area contributed by atoms with Crippen LogP contribution in [0.5, 0.6) is 5.75 Å². The first kappa shape index (κ1) is 29.7. The molecule has 4 heterocycles. The number of fused-ring (bicyclic) bond motifs is 1. The number of aromatic nitrogens is 3. The molecule has 5 rings (SSSR count). The van der Waals surface area contributed by atoms with Gasteiger partial charge in [-0.05, 0) is 59.1 Å². The Kier molecular flexibility index (Phi) is 8.40. The third kappa shape index (κ3) is 5.53. The second-order valence-corrected chi connectivity index (χ2v) is 12.1. The normalized spacial score (nSPS) is 15.4. The first-order valence-electron chi connectivity index (χ1n) is 13.9. The largest absolute Gasteiger partial charge is 0.491 e. The van der Waals surface area contributed by atoms with Crippen molar-refractivity contribution in [1.82, 2.24) is 14.1 Å². The number of carbonyl (C=O) groups is 1. The van der Waals surface area contributed by atoms with Gasteiger partial charge in [0.25, 0.3) is 5.56 Å². The van der Waals surface area contributed by atoms with Crippen molar-refractivity contribution in [2.45, 2.75) is 77.9 Å². The van der Waals surface area contributed by atoms with Gasteiger partial charge in [0.1, 0.15) is 28.5 Å². The van der Waals surface area contributed by atoms with Crippen LogP contribution in [0, 0.1) is 6.92 Å².